The smallest absolute Gasteiger partial charge is 0.335 e. The molecular formula is C13H17NO4. The van der Waals surface area contributed by atoms with Crippen LogP contribution >= 0.6 is 0 Å². The Labute approximate surface area is 106 Å². The molecule has 5 nitrogen and oxygen atoms in total. The van der Waals surface area contributed by atoms with Gasteiger partial charge in [0.05, 0.1) is 11.3 Å². The number of ether oxygens (including phenoxy) is 1. The molecule has 0 saturated carbocycles. The van der Waals surface area contributed by atoms with Crippen LogP contribution in [0.2, 0.25) is 0 Å². The van der Waals surface area contributed by atoms with Crippen molar-refractivity contribution in [2.45, 2.75) is 33.3 Å². The van der Waals surface area contributed by atoms with Gasteiger partial charge in [-0.15, -0.1) is 0 Å². The molecule has 0 radical (unpaired) electrons. The lowest BCUT2D eigenvalue weighted by Gasteiger charge is -2.23. The van der Waals surface area contributed by atoms with Crippen molar-refractivity contribution in [1.82, 2.24) is 0 Å². The van der Waals surface area contributed by atoms with Crippen LogP contribution in [0.25, 0.3) is 0 Å². The fraction of sp³-hybridized carbons (Fsp3) is 0.385. The molecule has 0 heterocycles. The van der Waals surface area contributed by atoms with E-state index in [2.05, 4.69) is 5.32 Å². The van der Waals surface area contributed by atoms with Gasteiger partial charge in [0.15, 0.2) is 0 Å². The number of aromatic carboxylic acids is 1. The zero-order chi connectivity index (χ0) is 13.9. The van der Waals surface area contributed by atoms with E-state index < -0.39 is 11.6 Å². The number of carboxylic acid groups (broad SMARTS) is 1. The van der Waals surface area contributed by atoms with Crippen LogP contribution in [0.5, 0.6) is 5.75 Å². The first kappa shape index (κ1) is 14.0. The molecule has 1 aromatic carbocycles. The van der Waals surface area contributed by atoms with Crippen molar-refractivity contribution in [3.63, 3.8) is 0 Å². The van der Waals surface area contributed by atoms with Gasteiger partial charge in [-0.2, -0.15) is 0 Å². The van der Waals surface area contributed by atoms with E-state index in [-0.39, 0.29) is 11.5 Å². The number of anilines is 1. The van der Waals surface area contributed by atoms with Gasteiger partial charge in [0.1, 0.15) is 11.4 Å². The third-order valence-corrected chi connectivity index (χ3v) is 1.96. The molecule has 0 atom stereocenters. The van der Waals surface area contributed by atoms with E-state index in [1.165, 1.54) is 25.1 Å². The van der Waals surface area contributed by atoms with Crippen LogP contribution in [-0.4, -0.2) is 22.6 Å². The van der Waals surface area contributed by atoms with Gasteiger partial charge in [0.2, 0.25) is 5.91 Å². The van der Waals surface area contributed by atoms with Crippen LogP contribution in [0.4, 0.5) is 5.69 Å². The van der Waals surface area contributed by atoms with E-state index in [1.807, 2.05) is 20.8 Å². The van der Waals surface area contributed by atoms with Gasteiger partial charge in [0, 0.05) is 6.92 Å². The van der Waals surface area contributed by atoms with Crippen molar-refractivity contribution in [3.05, 3.63) is 23.8 Å². The summed E-state index contributed by atoms with van der Waals surface area (Å²) in [6, 6.07) is 4.34. The molecule has 5 heteroatoms. The largest absolute Gasteiger partial charge is 0.486 e. The van der Waals surface area contributed by atoms with E-state index in [0.29, 0.717) is 11.4 Å². The minimum Gasteiger partial charge on any atom is -0.486 e. The van der Waals surface area contributed by atoms with Crippen molar-refractivity contribution < 1.29 is 19.4 Å². The van der Waals surface area contributed by atoms with Crippen molar-refractivity contribution in [1.29, 1.82) is 0 Å². The minimum absolute atomic E-state index is 0.114. The van der Waals surface area contributed by atoms with E-state index in [1.54, 1.807) is 0 Å². The lowest BCUT2D eigenvalue weighted by Crippen LogP contribution is -2.24. The predicted octanol–water partition coefficient (Wildman–Crippen LogP) is 2.52. The number of nitrogens with one attached hydrogen (secondary N) is 1. The molecule has 18 heavy (non-hydrogen) atoms. The first-order chi connectivity index (χ1) is 8.19. The highest BCUT2D eigenvalue weighted by molar-refractivity contribution is 5.93. The van der Waals surface area contributed by atoms with Crippen molar-refractivity contribution >= 4 is 17.6 Å². The Morgan fingerprint density at radius 3 is 2.33 bits per heavy atom. The monoisotopic (exact) mass is 251 g/mol. The zero-order valence-electron chi connectivity index (χ0n) is 10.9. The van der Waals surface area contributed by atoms with Gasteiger partial charge in [-0.3, -0.25) is 4.79 Å². The number of rotatable bonds is 3. The summed E-state index contributed by atoms with van der Waals surface area (Å²) in [5.74, 6) is -0.933. The first-order valence-electron chi connectivity index (χ1n) is 5.53. The topological polar surface area (TPSA) is 75.6 Å². The summed E-state index contributed by atoms with van der Waals surface area (Å²) in [5.41, 5.74) is 0.0930. The first-order valence-corrected chi connectivity index (χ1v) is 5.53. The third kappa shape index (κ3) is 4.08. The predicted molar refractivity (Wildman–Crippen MR) is 68.1 cm³/mol. The summed E-state index contributed by atoms with van der Waals surface area (Å²) < 4.78 is 5.65. The Bertz CT molecular complexity index is 474. The van der Waals surface area contributed by atoms with Gasteiger partial charge >= 0.3 is 5.97 Å². The Balaban J connectivity index is 3.17. The van der Waals surface area contributed by atoms with Crippen LogP contribution in [-0.2, 0) is 4.79 Å². The van der Waals surface area contributed by atoms with Crippen LogP contribution in [0.3, 0.4) is 0 Å². The number of benzene rings is 1. The number of carbonyl (C=O) groups is 2. The second kappa shape index (κ2) is 5.08. The Kier molecular flexibility index (Phi) is 3.96. The highest BCUT2D eigenvalue weighted by atomic mass is 16.5. The average molecular weight is 251 g/mol. The molecule has 0 fully saturated rings. The van der Waals surface area contributed by atoms with Gasteiger partial charge in [-0.25, -0.2) is 4.79 Å². The lowest BCUT2D eigenvalue weighted by molar-refractivity contribution is -0.114. The highest BCUT2D eigenvalue weighted by Crippen LogP contribution is 2.29. The molecule has 1 rings (SSSR count). The van der Waals surface area contributed by atoms with Crippen LogP contribution in [0, 0.1) is 0 Å². The Hall–Kier alpha value is -2.04. The molecule has 0 saturated heterocycles. The van der Waals surface area contributed by atoms with Crippen LogP contribution < -0.4 is 10.1 Å². The second-order valence-corrected chi connectivity index (χ2v) is 4.91. The van der Waals surface area contributed by atoms with E-state index >= 15 is 0 Å². The Morgan fingerprint density at radius 1 is 1.28 bits per heavy atom. The average Bonchev–Trinajstić information content (AvgIpc) is 2.17. The minimum atomic E-state index is -1.04. The van der Waals surface area contributed by atoms with Crippen molar-refractivity contribution in [2.24, 2.45) is 0 Å². The molecule has 1 aromatic rings. The summed E-state index contributed by atoms with van der Waals surface area (Å²) in [4.78, 5) is 22.0. The quantitative estimate of drug-likeness (QED) is 0.865. The number of amides is 1. The molecule has 2 N–H and O–H groups in total. The molecule has 0 aliphatic heterocycles. The maximum Gasteiger partial charge on any atom is 0.335 e. The summed E-state index contributed by atoms with van der Waals surface area (Å²) >= 11 is 0. The molecule has 98 valence electrons. The van der Waals surface area contributed by atoms with Crippen LogP contribution in [0.15, 0.2) is 18.2 Å². The standard InChI is InChI=1S/C13H17NO4/c1-8(15)14-10-6-5-9(12(16)17)7-11(10)18-13(2,3)4/h5-7H,1-4H3,(H,14,15)(H,16,17). The Morgan fingerprint density at radius 2 is 1.89 bits per heavy atom. The maximum atomic E-state index is 11.1. The summed E-state index contributed by atoms with van der Waals surface area (Å²) in [6.07, 6.45) is 0. The second-order valence-electron chi connectivity index (χ2n) is 4.91. The van der Waals surface area contributed by atoms with Crippen LogP contribution in [0.1, 0.15) is 38.1 Å². The molecular weight excluding hydrogens is 234 g/mol. The van der Waals surface area contributed by atoms with E-state index in [0.717, 1.165) is 0 Å². The van der Waals surface area contributed by atoms with Crippen molar-refractivity contribution in [2.75, 3.05) is 5.32 Å². The SMILES string of the molecule is CC(=O)Nc1ccc(C(=O)O)cc1OC(C)(C)C. The normalized spacial score (nSPS) is 10.9. The number of hydrogen-bond donors (Lipinski definition) is 2. The summed E-state index contributed by atoms with van der Waals surface area (Å²) in [6.45, 7) is 6.92. The molecule has 0 spiro atoms. The number of carboxylic acids is 1. The third-order valence-electron chi connectivity index (χ3n) is 1.96. The molecule has 0 unspecified atom stereocenters. The summed E-state index contributed by atoms with van der Waals surface area (Å²) in [5, 5.41) is 11.5. The van der Waals surface area contributed by atoms with Gasteiger partial charge in [-0.1, -0.05) is 0 Å². The van der Waals surface area contributed by atoms with E-state index in [4.69, 9.17) is 9.84 Å². The molecule has 0 bridgehead atoms. The number of hydrogen-bond acceptors (Lipinski definition) is 3. The molecule has 1 amide bonds. The highest BCUT2D eigenvalue weighted by Gasteiger charge is 2.17. The zero-order valence-corrected chi connectivity index (χ0v) is 10.9. The molecule has 0 aliphatic rings. The fourth-order valence-corrected chi connectivity index (χ4v) is 1.36. The lowest BCUT2D eigenvalue weighted by atomic mass is 10.1. The molecule has 0 aromatic heterocycles. The van der Waals surface area contributed by atoms with Gasteiger partial charge in [-0.05, 0) is 39.0 Å². The van der Waals surface area contributed by atoms with E-state index in [9.17, 15) is 9.59 Å². The van der Waals surface area contributed by atoms with Crippen molar-refractivity contribution in [3.8, 4) is 5.75 Å². The van der Waals surface area contributed by atoms with Gasteiger partial charge in [0.25, 0.3) is 0 Å². The summed E-state index contributed by atoms with van der Waals surface area (Å²) in [7, 11) is 0. The fourth-order valence-electron chi connectivity index (χ4n) is 1.36. The van der Waals surface area contributed by atoms with Gasteiger partial charge < -0.3 is 15.2 Å². The number of carbonyl (C=O) groups excluding carboxylic acids is 1. The molecule has 0 aliphatic carbocycles. The maximum absolute atomic E-state index is 11.1.